The molecule has 2 amide bonds. The molecule has 1 aromatic carbocycles. The minimum Gasteiger partial charge on any atom is -0.396 e. The molecular weight excluding hydrogens is 448 g/mol. The quantitative estimate of drug-likeness (QED) is 0.301. The summed E-state index contributed by atoms with van der Waals surface area (Å²) in [5.41, 5.74) is -0.321. The largest absolute Gasteiger partial charge is 0.396 e. The van der Waals surface area contributed by atoms with E-state index in [1.807, 2.05) is 4.31 Å². The van der Waals surface area contributed by atoms with E-state index in [1.54, 1.807) is 24.3 Å². The van der Waals surface area contributed by atoms with Crippen molar-refractivity contribution in [3.8, 4) is 0 Å². The molecule has 33 heavy (non-hydrogen) atoms. The van der Waals surface area contributed by atoms with Gasteiger partial charge in [-0.3, -0.25) is 14.4 Å². The highest BCUT2D eigenvalue weighted by Crippen LogP contribution is 2.22. The average Bonchev–Trinajstić information content (AvgIpc) is 2.83. The second-order valence-electron chi connectivity index (χ2n) is 8.69. The van der Waals surface area contributed by atoms with Crippen molar-refractivity contribution in [1.29, 1.82) is 0 Å². The first kappa shape index (κ1) is 26.7. The molecule has 0 radical (unpaired) electrons. The van der Waals surface area contributed by atoms with Crippen molar-refractivity contribution in [3.63, 3.8) is 0 Å². The van der Waals surface area contributed by atoms with E-state index >= 15 is 0 Å². The molecule has 2 atom stereocenters. The fraction of sp³-hybridized carbons (Fsp3) is 0.591. The summed E-state index contributed by atoms with van der Waals surface area (Å²) in [6.07, 6.45) is 2.94. The van der Waals surface area contributed by atoms with Crippen LogP contribution < -0.4 is 10.6 Å². The smallest absolute Gasteiger partial charge is 0.287 e. The summed E-state index contributed by atoms with van der Waals surface area (Å²) >= 11 is 0. The predicted octanol–water partition coefficient (Wildman–Crippen LogP) is 1.04. The Hall–Kier alpha value is -2.50. The zero-order chi connectivity index (χ0) is 24.4. The summed E-state index contributed by atoms with van der Waals surface area (Å²) in [6, 6.07) is 5.77. The van der Waals surface area contributed by atoms with Crippen LogP contribution in [-0.2, 0) is 31.9 Å². The molecule has 0 aromatic heterocycles. The lowest BCUT2D eigenvalue weighted by atomic mass is 9.85. The number of aliphatic hydroxyl groups is 1. The number of rotatable bonds is 12. The van der Waals surface area contributed by atoms with Crippen LogP contribution in [0.25, 0.3) is 0 Å². The van der Waals surface area contributed by atoms with E-state index in [1.165, 1.54) is 13.8 Å². The SMILES string of the molecule is CC(C)(CO)C(N=O)C(=O)NCCC(=O)C(=O)NCc1cccc(S(=O)N2CCCCC2)c1. The van der Waals surface area contributed by atoms with E-state index in [9.17, 15) is 28.6 Å². The Labute approximate surface area is 196 Å². The lowest BCUT2D eigenvalue weighted by Crippen LogP contribution is -2.45. The molecular formula is C22H32N4O6S. The van der Waals surface area contributed by atoms with E-state index in [-0.39, 0.29) is 19.5 Å². The number of carbonyl (C=O) groups excluding carboxylic acids is 3. The maximum atomic E-state index is 12.7. The van der Waals surface area contributed by atoms with Crippen molar-refractivity contribution >= 4 is 28.6 Å². The van der Waals surface area contributed by atoms with Crippen molar-refractivity contribution < 1.29 is 23.7 Å². The molecule has 1 aliphatic rings. The van der Waals surface area contributed by atoms with Crippen LogP contribution >= 0.6 is 0 Å². The van der Waals surface area contributed by atoms with Gasteiger partial charge in [0.25, 0.3) is 5.91 Å². The number of nitroso groups, excluding NO2 is 1. The molecule has 0 saturated carbocycles. The Morgan fingerprint density at radius 2 is 1.88 bits per heavy atom. The topological polar surface area (TPSA) is 145 Å². The van der Waals surface area contributed by atoms with Gasteiger partial charge in [0.2, 0.25) is 11.7 Å². The summed E-state index contributed by atoms with van der Waals surface area (Å²) in [5.74, 6) is -2.23. The fourth-order valence-corrected chi connectivity index (χ4v) is 4.70. The van der Waals surface area contributed by atoms with Crippen LogP contribution in [-0.4, -0.2) is 63.5 Å². The first-order chi connectivity index (χ1) is 15.7. The van der Waals surface area contributed by atoms with Crippen molar-refractivity contribution in [1.82, 2.24) is 14.9 Å². The second-order valence-corrected chi connectivity index (χ2v) is 10.2. The van der Waals surface area contributed by atoms with Crippen molar-refractivity contribution in [2.24, 2.45) is 10.6 Å². The molecule has 0 bridgehead atoms. The molecule has 2 rings (SSSR count). The van der Waals surface area contributed by atoms with E-state index in [0.717, 1.165) is 37.9 Å². The molecule has 0 aliphatic carbocycles. The highest BCUT2D eigenvalue weighted by Gasteiger charge is 2.36. The number of ketones is 1. The lowest BCUT2D eigenvalue weighted by Gasteiger charge is -2.25. The number of aliphatic hydroxyl groups excluding tert-OH is 1. The van der Waals surface area contributed by atoms with Gasteiger partial charge in [0, 0.05) is 38.0 Å². The molecule has 1 heterocycles. The number of nitrogens with zero attached hydrogens (tertiary/aromatic N) is 2. The third-order valence-electron chi connectivity index (χ3n) is 5.51. The first-order valence-electron chi connectivity index (χ1n) is 11.0. The summed E-state index contributed by atoms with van der Waals surface area (Å²) in [6.45, 7) is 4.18. The molecule has 1 fully saturated rings. The van der Waals surface area contributed by atoms with Gasteiger partial charge < -0.3 is 15.7 Å². The zero-order valence-corrected chi connectivity index (χ0v) is 19.9. The van der Waals surface area contributed by atoms with Gasteiger partial charge in [-0.25, -0.2) is 8.51 Å². The van der Waals surface area contributed by atoms with E-state index in [2.05, 4.69) is 15.8 Å². The molecule has 1 saturated heterocycles. The highest BCUT2D eigenvalue weighted by atomic mass is 32.2. The number of Topliss-reactive ketones (excluding diaryl/α,β-unsaturated/α-hetero) is 1. The van der Waals surface area contributed by atoms with Gasteiger partial charge in [0.15, 0.2) is 6.04 Å². The monoisotopic (exact) mass is 480 g/mol. The summed E-state index contributed by atoms with van der Waals surface area (Å²) in [5, 5.41) is 17.0. The summed E-state index contributed by atoms with van der Waals surface area (Å²) < 4.78 is 14.7. The predicted molar refractivity (Wildman–Crippen MR) is 123 cm³/mol. The number of benzene rings is 1. The molecule has 182 valence electrons. The van der Waals surface area contributed by atoms with E-state index in [4.69, 9.17) is 0 Å². The van der Waals surface area contributed by atoms with Crippen molar-refractivity contribution in [3.05, 3.63) is 34.7 Å². The van der Waals surface area contributed by atoms with Gasteiger partial charge in [-0.05, 0) is 30.5 Å². The van der Waals surface area contributed by atoms with Crippen molar-refractivity contribution in [2.75, 3.05) is 26.2 Å². The first-order valence-corrected chi connectivity index (χ1v) is 12.1. The minimum absolute atomic E-state index is 0.101. The number of hydrogen-bond donors (Lipinski definition) is 3. The van der Waals surface area contributed by atoms with Crippen LogP contribution in [0.4, 0.5) is 0 Å². The molecule has 11 heteroatoms. The molecule has 0 spiro atoms. The number of hydrogen-bond acceptors (Lipinski definition) is 7. The molecule has 1 aliphatic heterocycles. The summed E-state index contributed by atoms with van der Waals surface area (Å²) in [7, 11) is -1.26. The third-order valence-corrected chi connectivity index (χ3v) is 7.00. The van der Waals surface area contributed by atoms with Gasteiger partial charge >= 0.3 is 0 Å². The lowest BCUT2D eigenvalue weighted by molar-refractivity contribution is -0.138. The standard InChI is InChI=1S/C22H32N4O6S/c1-22(2,15-27)19(25-31)21(30)23-10-9-18(28)20(29)24-14-16-7-6-8-17(13-16)33(32)26-11-4-3-5-12-26/h6-8,13,19,27H,3-5,9-12,14-15H2,1-2H3,(H,23,30)(H,24,29). The molecule has 2 unspecified atom stereocenters. The van der Waals surface area contributed by atoms with Crippen LogP contribution in [0.3, 0.4) is 0 Å². The molecule has 10 nitrogen and oxygen atoms in total. The number of amides is 2. The fourth-order valence-electron chi connectivity index (χ4n) is 3.37. The maximum absolute atomic E-state index is 12.7. The van der Waals surface area contributed by atoms with Crippen LogP contribution in [0, 0.1) is 10.3 Å². The summed E-state index contributed by atoms with van der Waals surface area (Å²) in [4.78, 5) is 47.9. The van der Waals surface area contributed by atoms with Gasteiger partial charge in [-0.1, -0.05) is 37.6 Å². The highest BCUT2D eigenvalue weighted by molar-refractivity contribution is 7.82. The van der Waals surface area contributed by atoms with Gasteiger partial charge in [0.05, 0.1) is 11.5 Å². The van der Waals surface area contributed by atoms with Crippen LogP contribution in [0.5, 0.6) is 0 Å². The zero-order valence-electron chi connectivity index (χ0n) is 19.0. The molecule has 3 N–H and O–H groups in total. The van der Waals surface area contributed by atoms with Gasteiger partial charge in [0.1, 0.15) is 11.0 Å². The number of nitrogens with one attached hydrogen (secondary N) is 2. The Morgan fingerprint density at radius 3 is 2.52 bits per heavy atom. The minimum atomic E-state index is -1.31. The Morgan fingerprint density at radius 1 is 1.18 bits per heavy atom. The van der Waals surface area contributed by atoms with Crippen LogP contribution in [0.2, 0.25) is 0 Å². The van der Waals surface area contributed by atoms with Gasteiger partial charge in [-0.2, -0.15) is 0 Å². The average molecular weight is 481 g/mol. The second kappa shape index (κ2) is 12.7. The van der Waals surface area contributed by atoms with Crippen LogP contribution in [0.1, 0.15) is 45.1 Å². The number of piperidine rings is 1. The Kier molecular flexibility index (Phi) is 10.3. The Bertz CT molecular complexity index is 885. The van der Waals surface area contributed by atoms with Gasteiger partial charge in [-0.15, -0.1) is 4.91 Å². The van der Waals surface area contributed by atoms with Crippen molar-refractivity contribution in [2.45, 2.75) is 57.0 Å². The molecule has 1 aromatic rings. The van der Waals surface area contributed by atoms with E-state index in [0.29, 0.717) is 4.90 Å². The van der Waals surface area contributed by atoms with E-state index < -0.39 is 46.6 Å². The Balaban J connectivity index is 1.81. The maximum Gasteiger partial charge on any atom is 0.287 e. The van der Waals surface area contributed by atoms with Crippen LogP contribution in [0.15, 0.2) is 34.3 Å². The third kappa shape index (κ3) is 7.79. The number of carbonyl (C=O) groups is 3. The normalized spacial score (nSPS) is 16.5.